The third kappa shape index (κ3) is 3.82. The molecule has 1 heterocycles. The Labute approximate surface area is 115 Å². The smallest absolute Gasteiger partial charge is 0.118 e. The van der Waals surface area contributed by atoms with Crippen LogP contribution in [-0.4, -0.2) is 12.1 Å². The van der Waals surface area contributed by atoms with Gasteiger partial charge in [-0.2, -0.15) is 0 Å². The van der Waals surface area contributed by atoms with E-state index in [1.807, 2.05) is 36.4 Å². The minimum absolute atomic E-state index is 0.577. The van der Waals surface area contributed by atoms with Crippen molar-refractivity contribution in [2.24, 2.45) is 0 Å². The van der Waals surface area contributed by atoms with E-state index in [0.29, 0.717) is 13.2 Å². The number of hydrogen-bond donors (Lipinski definition) is 0. The van der Waals surface area contributed by atoms with Crippen molar-refractivity contribution >= 4 is 15.9 Å². The van der Waals surface area contributed by atoms with Gasteiger partial charge in [-0.15, -0.1) is 0 Å². The maximum Gasteiger partial charge on any atom is 0.118 e. The van der Waals surface area contributed by atoms with Gasteiger partial charge in [-0.25, -0.2) is 4.98 Å². The van der Waals surface area contributed by atoms with Gasteiger partial charge in [-0.1, -0.05) is 12.1 Å². The lowest BCUT2D eigenvalue weighted by Gasteiger charge is -2.06. The number of benzene rings is 1. The normalized spacial score (nSPS) is 10.3. The van der Waals surface area contributed by atoms with E-state index in [-0.39, 0.29) is 0 Å². The minimum Gasteiger partial charge on any atom is -0.497 e. The highest BCUT2D eigenvalue weighted by Gasteiger charge is 1.97. The molecular weight excluding hydrogens is 294 g/mol. The molecule has 0 radical (unpaired) electrons. The molecule has 0 saturated heterocycles. The standard InChI is InChI=1S/C14H14BrNO2/c1-17-13-4-2-11(3-5-13)9-18-10-12-6-7-16-14(15)8-12/h2-8H,9-10H2,1H3. The summed E-state index contributed by atoms with van der Waals surface area (Å²) in [6, 6.07) is 11.8. The molecule has 0 N–H and O–H groups in total. The highest BCUT2D eigenvalue weighted by Crippen LogP contribution is 2.13. The zero-order chi connectivity index (χ0) is 12.8. The highest BCUT2D eigenvalue weighted by atomic mass is 79.9. The molecule has 2 aromatic rings. The molecule has 18 heavy (non-hydrogen) atoms. The highest BCUT2D eigenvalue weighted by molar-refractivity contribution is 9.10. The second-order valence-electron chi connectivity index (χ2n) is 3.83. The molecule has 0 aliphatic carbocycles. The maximum atomic E-state index is 5.64. The van der Waals surface area contributed by atoms with Crippen molar-refractivity contribution < 1.29 is 9.47 Å². The first-order valence-corrected chi connectivity index (χ1v) is 6.38. The van der Waals surface area contributed by atoms with Gasteiger partial charge in [0.15, 0.2) is 0 Å². The number of methoxy groups -OCH3 is 1. The second-order valence-corrected chi connectivity index (χ2v) is 4.64. The summed E-state index contributed by atoms with van der Waals surface area (Å²) in [5, 5.41) is 0. The first kappa shape index (κ1) is 13.1. The lowest BCUT2D eigenvalue weighted by atomic mass is 10.2. The van der Waals surface area contributed by atoms with E-state index < -0.39 is 0 Å². The second kappa shape index (κ2) is 6.52. The van der Waals surface area contributed by atoms with Gasteiger partial charge < -0.3 is 9.47 Å². The molecule has 0 aliphatic rings. The number of pyridine rings is 1. The summed E-state index contributed by atoms with van der Waals surface area (Å²) in [4.78, 5) is 4.07. The molecule has 4 heteroatoms. The monoisotopic (exact) mass is 307 g/mol. The summed E-state index contributed by atoms with van der Waals surface area (Å²) >= 11 is 3.33. The summed E-state index contributed by atoms with van der Waals surface area (Å²) in [6.07, 6.45) is 1.76. The SMILES string of the molecule is COc1ccc(COCc2ccnc(Br)c2)cc1. The Morgan fingerprint density at radius 2 is 1.78 bits per heavy atom. The predicted molar refractivity (Wildman–Crippen MR) is 73.4 cm³/mol. The Kier molecular flexibility index (Phi) is 4.73. The summed E-state index contributed by atoms with van der Waals surface area (Å²) in [6.45, 7) is 1.16. The quantitative estimate of drug-likeness (QED) is 0.791. The van der Waals surface area contributed by atoms with Crippen LogP contribution in [0.1, 0.15) is 11.1 Å². The molecule has 0 bridgehead atoms. The van der Waals surface area contributed by atoms with Crippen molar-refractivity contribution in [2.45, 2.75) is 13.2 Å². The Hall–Kier alpha value is -1.39. The molecule has 1 aromatic carbocycles. The summed E-state index contributed by atoms with van der Waals surface area (Å²) in [7, 11) is 1.66. The summed E-state index contributed by atoms with van der Waals surface area (Å²) < 4.78 is 11.6. The van der Waals surface area contributed by atoms with Gasteiger partial charge in [0.2, 0.25) is 0 Å². The minimum atomic E-state index is 0.577. The number of nitrogens with zero attached hydrogens (tertiary/aromatic N) is 1. The lowest BCUT2D eigenvalue weighted by molar-refractivity contribution is 0.107. The Balaban J connectivity index is 1.84. The molecule has 94 valence electrons. The van der Waals surface area contributed by atoms with Crippen LogP contribution in [-0.2, 0) is 18.0 Å². The summed E-state index contributed by atoms with van der Waals surface area (Å²) in [5.74, 6) is 0.858. The number of hydrogen-bond acceptors (Lipinski definition) is 3. The van der Waals surface area contributed by atoms with Crippen molar-refractivity contribution in [1.82, 2.24) is 4.98 Å². The fourth-order valence-corrected chi connectivity index (χ4v) is 1.95. The Morgan fingerprint density at radius 1 is 1.06 bits per heavy atom. The first-order chi connectivity index (χ1) is 8.78. The number of ether oxygens (including phenoxy) is 2. The van der Waals surface area contributed by atoms with Crippen LogP contribution in [0, 0.1) is 0 Å². The molecule has 0 spiro atoms. The van der Waals surface area contributed by atoms with Crippen molar-refractivity contribution in [3.05, 3.63) is 58.3 Å². The van der Waals surface area contributed by atoms with Crippen LogP contribution in [0.15, 0.2) is 47.2 Å². The van der Waals surface area contributed by atoms with Crippen molar-refractivity contribution in [3.63, 3.8) is 0 Å². The zero-order valence-corrected chi connectivity index (χ0v) is 11.7. The lowest BCUT2D eigenvalue weighted by Crippen LogP contribution is -1.95. The third-order valence-electron chi connectivity index (χ3n) is 2.49. The molecule has 3 nitrogen and oxygen atoms in total. The molecule has 0 aliphatic heterocycles. The zero-order valence-electron chi connectivity index (χ0n) is 10.1. The average Bonchev–Trinajstić information content (AvgIpc) is 2.40. The van der Waals surface area contributed by atoms with E-state index in [2.05, 4.69) is 20.9 Å². The predicted octanol–water partition coefficient (Wildman–Crippen LogP) is 3.57. The van der Waals surface area contributed by atoms with Gasteiger partial charge >= 0.3 is 0 Å². The topological polar surface area (TPSA) is 31.4 Å². The maximum absolute atomic E-state index is 5.64. The van der Waals surface area contributed by atoms with Crippen LogP contribution in [0.3, 0.4) is 0 Å². The molecular formula is C14H14BrNO2. The fraction of sp³-hybridized carbons (Fsp3) is 0.214. The first-order valence-electron chi connectivity index (χ1n) is 5.59. The van der Waals surface area contributed by atoms with Gasteiger partial charge in [0.25, 0.3) is 0 Å². The largest absolute Gasteiger partial charge is 0.497 e. The molecule has 0 amide bonds. The fourth-order valence-electron chi connectivity index (χ4n) is 1.54. The van der Waals surface area contributed by atoms with E-state index in [1.54, 1.807) is 13.3 Å². The number of aromatic nitrogens is 1. The molecule has 2 rings (SSSR count). The van der Waals surface area contributed by atoms with Gasteiger partial charge in [0.05, 0.1) is 20.3 Å². The van der Waals surface area contributed by atoms with Crippen LogP contribution in [0.5, 0.6) is 5.75 Å². The third-order valence-corrected chi connectivity index (χ3v) is 2.92. The van der Waals surface area contributed by atoms with E-state index in [9.17, 15) is 0 Å². The van der Waals surface area contributed by atoms with Gasteiger partial charge in [0.1, 0.15) is 10.4 Å². The van der Waals surface area contributed by atoms with Crippen LogP contribution in [0.4, 0.5) is 0 Å². The van der Waals surface area contributed by atoms with Crippen LogP contribution in [0.25, 0.3) is 0 Å². The molecule has 0 atom stereocenters. The van der Waals surface area contributed by atoms with Crippen molar-refractivity contribution in [2.75, 3.05) is 7.11 Å². The van der Waals surface area contributed by atoms with E-state index in [1.165, 1.54) is 0 Å². The number of rotatable bonds is 5. The average molecular weight is 308 g/mol. The molecule has 0 unspecified atom stereocenters. The van der Waals surface area contributed by atoms with Crippen molar-refractivity contribution in [1.29, 1.82) is 0 Å². The molecule has 1 aromatic heterocycles. The summed E-state index contributed by atoms with van der Waals surface area (Å²) in [5.41, 5.74) is 2.23. The van der Waals surface area contributed by atoms with Gasteiger partial charge in [-0.3, -0.25) is 0 Å². The van der Waals surface area contributed by atoms with E-state index in [4.69, 9.17) is 9.47 Å². The van der Waals surface area contributed by atoms with Crippen molar-refractivity contribution in [3.8, 4) is 5.75 Å². The van der Waals surface area contributed by atoms with Gasteiger partial charge in [0, 0.05) is 6.20 Å². The Morgan fingerprint density at radius 3 is 2.44 bits per heavy atom. The van der Waals surface area contributed by atoms with Gasteiger partial charge in [-0.05, 0) is 51.3 Å². The van der Waals surface area contributed by atoms with E-state index in [0.717, 1.165) is 21.5 Å². The molecule has 0 fully saturated rings. The molecule has 0 saturated carbocycles. The number of halogens is 1. The van der Waals surface area contributed by atoms with Crippen LogP contribution >= 0.6 is 15.9 Å². The van der Waals surface area contributed by atoms with Crippen LogP contribution in [0.2, 0.25) is 0 Å². The Bertz CT molecular complexity index is 499. The van der Waals surface area contributed by atoms with Crippen LogP contribution < -0.4 is 4.74 Å². The van der Waals surface area contributed by atoms with E-state index >= 15 is 0 Å².